The van der Waals surface area contributed by atoms with Crippen LogP contribution in [0.25, 0.3) is 0 Å². The molecule has 0 unspecified atom stereocenters. The van der Waals surface area contributed by atoms with Crippen LogP contribution < -0.4 is 0 Å². The van der Waals surface area contributed by atoms with Crippen molar-refractivity contribution >= 4 is 21.6 Å². The predicted octanol–water partition coefficient (Wildman–Crippen LogP) is 0.788. The number of likely N-dealkylation sites (tertiary alicyclic amines) is 1. The van der Waals surface area contributed by atoms with Crippen molar-refractivity contribution in [1.82, 2.24) is 18.8 Å². The second-order valence-corrected chi connectivity index (χ2v) is 7.28. The SMILES string of the molecule is CN1CCC(N(C)S(=O)(=O)c2ncn(C)c2Cl)CC1. The van der Waals surface area contributed by atoms with E-state index in [1.54, 1.807) is 14.1 Å². The van der Waals surface area contributed by atoms with E-state index in [2.05, 4.69) is 9.88 Å². The third kappa shape index (κ3) is 2.79. The molecule has 1 aliphatic heterocycles. The van der Waals surface area contributed by atoms with Gasteiger partial charge in [-0.1, -0.05) is 11.6 Å². The summed E-state index contributed by atoms with van der Waals surface area (Å²) in [6, 6.07) is 0.0132. The van der Waals surface area contributed by atoms with Crippen LogP contribution >= 0.6 is 11.6 Å². The van der Waals surface area contributed by atoms with E-state index in [1.165, 1.54) is 15.2 Å². The molecule has 0 atom stereocenters. The summed E-state index contributed by atoms with van der Waals surface area (Å²) in [5, 5.41) is 0.0953. The van der Waals surface area contributed by atoms with Crippen LogP contribution in [-0.2, 0) is 17.1 Å². The molecule has 6 nitrogen and oxygen atoms in total. The molecule has 0 N–H and O–H groups in total. The van der Waals surface area contributed by atoms with Crippen LogP contribution in [0.4, 0.5) is 0 Å². The molecule has 0 aromatic carbocycles. The van der Waals surface area contributed by atoms with Crippen molar-refractivity contribution in [2.45, 2.75) is 23.9 Å². The lowest BCUT2D eigenvalue weighted by atomic mass is 10.1. The fourth-order valence-electron chi connectivity index (χ4n) is 2.26. The molecule has 0 aliphatic carbocycles. The highest BCUT2D eigenvalue weighted by Crippen LogP contribution is 2.25. The fourth-order valence-corrected chi connectivity index (χ4v) is 4.06. The molecule has 2 heterocycles. The van der Waals surface area contributed by atoms with Crippen molar-refractivity contribution in [3.63, 3.8) is 0 Å². The summed E-state index contributed by atoms with van der Waals surface area (Å²) < 4.78 is 27.9. The second-order valence-electron chi connectivity index (χ2n) is 5.01. The lowest BCUT2D eigenvalue weighted by molar-refractivity contribution is 0.197. The molecular formula is C11H19ClN4O2S. The summed E-state index contributed by atoms with van der Waals surface area (Å²) in [7, 11) is 1.71. The van der Waals surface area contributed by atoms with Crippen LogP contribution in [0.2, 0.25) is 5.15 Å². The molecule has 0 spiro atoms. The second kappa shape index (κ2) is 5.40. The van der Waals surface area contributed by atoms with Crippen LogP contribution in [0, 0.1) is 0 Å². The number of nitrogens with zero attached hydrogens (tertiary/aromatic N) is 4. The van der Waals surface area contributed by atoms with Gasteiger partial charge in [-0.05, 0) is 33.0 Å². The molecule has 2 rings (SSSR count). The van der Waals surface area contributed by atoms with Crippen molar-refractivity contribution in [2.75, 3.05) is 27.2 Å². The maximum absolute atomic E-state index is 12.5. The molecule has 1 fully saturated rings. The number of aromatic nitrogens is 2. The average Bonchev–Trinajstić information content (AvgIpc) is 2.70. The van der Waals surface area contributed by atoms with Gasteiger partial charge in [-0.15, -0.1) is 0 Å². The molecule has 0 amide bonds. The molecule has 0 saturated carbocycles. The first kappa shape index (κ1) is 14.8. The van der Waals surface area contributed by atoms with E-state index in [0.717, 1.165) is 25.9 Å². The molecule has 1 saturated heterocycles. The van der Waals surface area contributed by atoms with Crippen LogP contribution in [-0.4, -0.2) is 60.4 Å². The van der Waals surface area contributed by atoms with E-state index in [4.69, 9.17) is 11.6 Å². The number of sulfonamides is 1. The minimum absolute atomic E-state index is 0.0132. The fraction of sp³-hybridized carbons (Fsp3) is 0.727. The third-order valence-corrected chi connectivity index (χ3v) is 6.06. The number of hydrogen-bond donors (Lipinski definition) is 0. The Bertz CT molecular complexity index is 549. The van der Waals surface area contributed by atoms with Gasteiger partial charge in [-0.25, -0.2) is 13.4 Å². The Labute approximate surface area is 119 Å². The zero-order valence-electron chi connectivity index (χ0n) is 11.4. The standard InChI is InChI=1S/C11H19ClN4O2S/c1-14-6-4-9(5-7-14)16(3)19(17,18)11-10(12)15(2)8-13-11/h8-9H,4-7H2,1-3H3. The minimum atomic E-state index is -3.62. The molecule has 1 aromatic rings. The van der Waals surface area contributed by atoms with Crippen molar-refractivity contribution in [3.8, 4) is 0 Å². The Morgan fingerprint density at radius 1 is 1.37 bits per heavy atom. The highest BCUT2D eigenvalue weighted by atomic mass is 35.5. The number of halogens is 1. The molecule has 1 aliphatic rings. The van der Waals surface area contributed by atoms with Crippen LogP contribution in [0.3, 0.4) is 0 Å². The van der Waals surface area contributed by atoms with Crippen LogP contribution in [0.1, 0.15) is 12.8 Å². The Kier molecular flexibility index (Phi) is 4.20. The van der Waals surface area contributed by atoms with E-state index >= 15 is 0 Å². The largest absolute Gasteiger partial charge is 0.324 e. The lowest BCUT2D eigenvalue weighted by Crippen LogP contribution is -2.44. The maximum Gasteiger partial charge on any atom is 0.263 e. The Balaban J connectivity index is 2.22. The van der Waals surface area contributed by atoms with Crippen molar-refractivity contribution in [3.05, 3.63) is 11.5 Å². The van der Waals surface area contributed by atoms with Gasteiger partial charge < -0.3 is 9.47 Å². The number of aryl methyl sites for hydroxylation is 1. The van der Waals surface area contributed by atoms with Crippen molar-refractivity contribution < 1.29 is 8.42 Å². The predicted molar refractivity (Wildman–Crippen MR) is 73.7 cm³/mol. The van der Waals surface area contributed by atoms with Crippen LogP contribution in [0.15, 0.2) is 11.4 Å². The Morgan fingerprint density at radius 3 is 2.42 bits per heavy atom. The molecule has 0 bridgehead atoms. The molecule has 8 heteroatoms. The first-order valence-electron chi connectivity index (χ1n) is 6.17. The van der Waals surface area contributed by atoms with Gasteiger partial charge in [-0.3, -0.25) is 0 Å². The highest BCUT2D eigenvalue weighted by Gasteiger charge is 2.33. The van der Waals surface area contributed by atoms with E-state index in [0.29, 0.717) is 0 Å². The summed E-state index contributed by atoms with van der Waals surface area (Å²) in [6.45, 7) is 1.81. The monoisotopic (exact) mass is 306 g/mol. The van der Waals surface area contributed by atoms with Crippen molar-refractivity contribution in [2.24, 2.45) is 7.05 Å². The van der Waals surface area contributed by atoms with E-state index in [9.17, 15) is 8.42 Å². The summed E-state index contributed by atoms with van der Waals surface area (Å²) in [6.07, 6.45) is 3.07. The topological polar surface area (TPSA) is 58.4 Å². The quantitative estimate of drug-likeness (QED) is 0.828. The first-order chi connectivity index (χ1) is 8.84. The number of imidazole rings is 1. The lowest BCUT2D eigenvalue weighted by Gasteiger charge is -2.34. The van der Waals surface area contributed by atoms with Crippen molar-refractivity contribution in [1.29, 1.82) is 0 Å². The summed E-state index contributed by atoms with van der Waals surface area (Å²) in [5.74, 6) is 0. The third-order valence-electron chi connectivity index (χ3n) is 3.66. The van der Waals surface area contributed by atoms with Gasteiger partial charge in [0.1, 0.15) is 5.15 Å². The van der Waals surface area contributed by atoms with Gasteiger partial charge in [0.25, 0.3) is 10.0 Å². The minimum Gasteiger partial charge on any atom is -0.324 e. The van der Waals surface area contributed by atoms with Gasteiger partial charge in [0.15, 0.2) is 0 Å². The normalized spacial score (nSPS) is 19.2. The molecule has 108 valence electrons. The molecule has 19 heavy (non-hydrogen) atoms. The van der Waals surface area contributed by atoms with E-state index in [1.807, 2.05) is 7.05 Å². The number of hydrogen-bond acceptors (Lipinski definition) is 4. The molecule has 0 radical (unpaired) electrons. The first-order valence-corrected chi connectivity index (χ1v) is 7.99. The van der Waals surface area contributed by atoms with Crippen LogP contribution in [0.5, 0.6) is 0 Å². The average molecular weight is 307 g/mol. The van der Waals surface area contributed by atoms with E-state index in [-0.39, 0.29) is 16.2 Å². The van der Waals surface area contributed by atoms with Gasteiger partial charge in [0.2, 0.25) is 5.03 Å². The summed E-state index contributed by atoms with van der Waals surface area (Å²) in [5.41, 5.74) is 0. The van der Waals surface area contributed by atoms with Gasteiger partial charge in [-0.2, -0.15) is 4.31 Å². The summed E-state index contributed by atoms with van der Waals surface area (Å²) in [4.78, 5) is 6.11. The zero-order chi connectivity index (χ0) is 14.2. The zero-order valence-corrected chi connectivity index (χ0v) is 12.9. The Hall–Kier alpha value is -0.630. The number of rotatable bonds is 3. The van der Waals surface area contributed by atoms with Gasteiger partial charge in [0.05, 0.1) is 6.33 Å². The molecule has 1 aromatic heterocycles. The van der Waals surface area contributed by atoms with Gasteiger partial charge >= 0.3 is 0 Å². The summed E-state index contributed by atoms with van der Waals surface area (Å²) >= 11 is 5.99. The smallest absolute Gasteiger partial charge is 0.263 e. The highest BCUT2D eigenvalue weighted by molar-refractivity contribution is 7.89. The maximum atomic E-state index is 12.5. The van der Waals surface area contributed by atoms with E-state index < -0.39 is 10.0 Å². The molecular weight excluding hydrogens is 288 g/mol. The number of piperidine rings is 1. The van der Waals surface area contributed by atoms with Gasteiger partial charge in [0, 0.05) is 20.1 Å². The Morgan fingerprint density at radius 2 is 1.95 bits per heavy atom.